The fourth-order valence-corrected chi connectivity index (χ4v) is 4.34. The number of aliphatic carboxylic acids is 1. The number of carbonyl (C=O) groups is 1. The van der Waals surface area contributed by atoms with Crippen molar-refractivity contribution in [2.45, 2.75) is 77.6 Å². The average molecular weight is 252 g/mol. The molecular weight excluding hydrogens is 224 g/mol. The van der Waals surface area contributed by atoms with Gasteiger partial charge < -0.3 is 5.11 Å². The standard InChI is InChI=1S/C16H28O2/c1-2-3-4-5-6-7-10-16(15(17)18)12-13-8-9-14(16)11-13/h13-14H,2-12H2,1H3,(H,17,18). The maximum absolute atomic E-state index is 11.7. The van der Waals surface area contributed by atoms with Crippen molar-refractivity contribution >= 4 is 5.97 Å². The fourth-order valence-electron chi connectivity index (χ4n) is 4.34. The minimum Gasteiger partial charge on any atom is -0.481 e. The summed E-state index contributed by atoms with van der Waals surface area (Å²) >= 11 is 0. The zero-order valence-corrected chi connectivity index (χ0v) is 11.8. The van der Waals surface area contributed by atoms with Crippen LogP contribution < -0.4 is 0 Å². The Morgan fingerprint density at radius 3 is 2.44 bits per heavy atom. The third-order valence-electron chi connectivity index (χ3n) is 5.38. The smallest absolute Gasteiger partial charge is 0.309 e. The summed E-state index contributed by atoms with van der Waals surface area (Å²) in [5, 5.41) is 9.63. The highest BCUT2D eigenvalue weighted by Crippen LogP contribution is 2.58. The number of rotatable bonds is 8. The molecule has 2 nitrogen and oxygen atoms in total. The molecule has 2 aliphatic rings. The maximum atomic E-state index is 11.7. The summed E-state index contributed by atoms with van der Waals surface area (Å²) in [6.07, 6.45) is 13.1. The molecule has 1 N–H and O–H groups in total. The van der Waals surface area contributed by atoms with Gasteiger partial charge >= 0.3 is 5.97 Å². The monoisotopic (exact) mass is 252 g/mol. The molecule has 2 bridgehead atoms. The highest BCUT2D eigenvalue weighted by atomic mass is 16.4. The van der Waals surface area contributed by atoms with Crippen LogP contribution in [0.25, 0.3) is 0 Å². The molecule has 0 spiro atoms. The van der Waals surface area contributed by atoms with Crippen LogP contribution in [0, 0.1) is 17.3 Å². The van der Waals surface area contributed by atoms with E-state index in [1.807, 2.05) is 0 Å². The van der Waals surface area contributed by atoms with Crippen molar-refractivity contribution in [2.24, 2.45) is 17.3 Å². The second-order valence-corrected chi connectivity index (χ2v) is 6.56. The molecular formula is C16H28O2. The summed E-state index contributed by atoms with van der Waals surface area (Å²) < 4.78 is 0. The lowest BCUT2D eigenvalue weighted by Gasteiger charge is -2.33. The number of hydrogen-bond donors (Lipinski definition) is 1. The third kappa shape index (κ3) is 2.73. The highest BCUT2D eigenvalue weighted by Gasteiger charge is 2.55. The average Bonchev–Trinajstić information content (AvgIpc) is 2.94. The minimum absolute atomic E-state index is 0.326. The molecule has 3 atom stereocenters. The van der Waals surface area contributed by atoms with Gasteiger partial charge in [-0.2, -0.15) is 0 Å². The fraction of sp³-hybridized carbons (Fsp3) is 0.938. The van der Waals surface area contributed by atoms with E-state index in [-0.39, 0.29) is 5.41 Å². The van der Waals surface area contributed by atoms with Crippen molar-refractivity contribution in [2.75, 3.05) is 0 Å². The van der Waals surface area contributed by atoms with Crippen LogP contribution in [0.15, 0.2) is 0 Å². The number of carboxylic acid groups (broad SMARTS) is 1. The molecule has 0 amide bonds. The molecule has 3 unspecified atom stereocenters. The highest BCUT2D eigenvalue weighted by molar-refractivity contribution is 5.75. The van der Waals surface area contributed by atoms with E-state index in [4.69, 9.17) is 0 Å². The Kier molecular flexibility index (Phi) is 4.69. The first-order valence-corrected chi connectivity index (χ1v) is 7.92. The third-order valence-corrected chi connectivity index (χ3v) is 5.38. The first kappa shape index (κ1) is 13.9. The summed E-state index contributed by atoms with van der Waals surface area (Å²) in [6.45, 7) is 2.23. The molecule has 0 saturated heterocycles. The van der Waals surface area contributed by atoms with E-state index < -0.39 is 5.97 Å². The quantitative estimate of drug-likeness (QED) is 0.640. The van der Waals surface area contributed by atoms with Gasteiger partial charge in [0.2, 0.25) is 0 Å². The molecule has 104 valence electrons. The Morgan fingerprint density at radius 2 is 1.89 bits per heavy atom. The van der Waals surface area contributed by atoms with Crippen LogP contribution in [0.4, 0.5) is 0 Å². The largest absolute Gasteiger partial charge is 0.481 e. The van der Waals surface area contributed by atoms with Crippen molar-refractivity contribution in [3.05, 3.63) is 0 Å². The van der Waals surface area contributed by atoms with Gasteiger partial charge in [0.05, 0.1) is 5.41 Å². The molecule has 2 rings (SSSR count). The van der Waals surface area contributed by atoms with E-state index in [0.717, 1.165) is 25.2 Å². The van der Waals surface area contributed by atoms with E-state index in [1.165, 1.54) is 51.4 Å². The Bertz CT molecular complexity index is 287. The lowest BCUT2D eigenvalue weighted by atomic mass is 9.70. The Hall–Kier alpha value is -0.530. The van der Waals surface area contributed by atoms with E-state index >= 15 is 0 Å². The van der Waals surface area contributed by atoms with Crippen LogP contribution in [-0.4, -0.2) is 11.1 Å². The van der Waals surface area contributed by atoms with Crippen LogP contribution in [0.1, 0.15) is 77.6 Å². The first-order chi connectivity index (χ1) is 8.69. The zero-order chi connectivity index (χ0) is 13.0. The Labute approximate surface area is 111 Å². The van der Waals surface area contributed by atoms with Gasteiger partial charge in [-0.05, 0) is 37.5 Å². The molecule has 2 aliphatic carbocycles. The predicted molar refractivity (Wildman–Crippen MR) is 73.5 cm³/mol. The number of unbranched alkanes of at least 4 members (excludes halogenated alkanes) is 5. The minimum atomic E-state index is -0.497. The van der Waals surface area contributed by atoms with Gasteiger partial charge in [0, 0.05) is 0 Å². The second-order valence-electron chi connectivity index (χ2n) is 6.56. The van der Waals surface area contributed by atoms with Gasteiger partial charge in [-0.1, -0.05) is 51.9 Å². The van der Waals surface area contributed by atoms with Crippen LogP contribution in [-0.2, 0) is 4.79 Å². The zero-order valence-electron chi connectivity index (χ0n) is 11.8. The number of carboxylic acids is 1. The van der Waals surface area contributed by atoms with Gasteiger partial charge in [-0.25, -0.2) is 0 Å². The topological polar surface area (TPSA) is 37.3 Å². The van der Waals surface area contributed by atoms with Crippen LogP contribution in [0.3, 0.4) is 0 Å². The maximum Gasteiger partial charge on any atom is 0.309 e. The van der Waals surface area contributed by atoms with Gasteiger partial charge in [0.15, 0.2) is 0 Å². The summed E-state index contributed by atoms with van der Waals surface area (Å²) in [6, 6.07) is 0. The van der Waals surface area contributed by atoms with Crippen LogP contribution >= 0.6 is 0 Å². The van der Waals surface area contributed by atoms with Gasteiger partial charge in [-0.3, -0.25) is 4.79 Å². The molecule has 0 aliphatic heterocycles. The van der Waals surface area contributed by atoms with Crippen molar-refractivity contribution in [3.63, 3.8) is 0 Å². The predicted octanol–water partition coefficient (Wildman–Crippen LogP) is 4.63. The SMILES string of the molecule is CCCCCCCCC1(C(=O)O)CC2CCC1C2. The van der Waals surface area contributed by atoms with E-state index in [0.29, 0.717) is 5.92 Å². The summed E-state index contributed by atoms with van der Waals surface area (Å²) in [4.78, 5) is 11.7. The van der Waals surface area contributed by atoms with E-state index in [2.05, 4.69) is 6.92 Å². The molecule has 2 heteroatoms. The van der Waals surface area contributed by atoms with Gasteiger partial charge in [-0.15, -0.1) is 0 Å². The first-order valence-electron chi connectivity index (χ1n) is 7.92. The van der Waals surface area contributed by atoms with E-state index in [1.54, 1.807) is 0 Å². The molecule has 0 aromatic heterocycles. The van der Waals surface area contributed by atoms with Crippen LogP contribution in [0.2, 0.25) is 0 Å². The summed E-state index contributed by atoms with van der Waals surface area (Å²) in [5.41, 5.74) is -0.326. The molecule has 0 aromatic carbocycles. The lowest BCUT2D eigenvalue weighted by molar-refractivity contribution is -0.153. The Balaban J connectivity index is 1.76. The summed E-state index contributed by atoms with van der Waals surface area (Å²) in [5.74, 6) is 0.727. The molecule has 18 heavy (non-hydrogen) atoms. The van der Waals surface area contributed by atoms with Crippen molar-refractivity contribution in [1.29, 1.82) is 0 Å². The van der Waals surface area contributed by atoms with Crippen molar-refractivity contribution in [1.82, 2.24) is 0 Å². The molecule has 0 heterocycles. The summed E-state index contributed by atoms with van der Waals surface area (Å²) in [7, 11) is 0. The second kappa shape index (κ2) is 6.08. The Morgan fingerprint density at radius 1 is 1.17 bits per heavy atom. The van der Waals surface area contributed by atoms with E-state index in [9.17, 15) is 9.90 Å². The molecule has 0 radical (unpaired) electrons. The van der Waals surface area contributed by atoms with Gasteiger partial charge in [0.1, 0.15) is 0 Å². The number of fused-ring (bicyclic) bond motifs is 2. The molecule has 0 aromatic rings. The van der Waals surface area contributed by atoms with Gasteiger partial charge in [0.25, 0.3) is 0 Å². The lowest BCUT2D eigenvalue weighted by Crippen LogP contribution is -2.36. The number of hydrogen-bond acceptors (Lipinski definition) is 1. The molecule has 2 fully saturated rings. The normalized spacial score (nSPS) is 34.1. The van der Waals surface area contributed by atoms with Crippen molar-refractivity contribution < 1.29 is 9.90 Å². The molecule has 2 saturated carbocycles. The van der Waals surface area contributed by atoms with Crippen molar-refractivity contribution in [3.8, 4) is 0 Å². The van der Waals surface area contributed by atoms with Crippen LogP contribution in [0.5, 0.6) is 0 Å².